The Balaban J connectivity index is 2.25. The van der Waals surface area contributed by atoms with E-state index < -0.39 is 0 Å². The van der Waals surface area contributed by atoms with E-state index in [1.54, 1.807) is 6.07 Å². The molecule has 0 radical (unpaired) electrons. The zero-order valence-electron chi connectivity index (χ0n) is 10.4. The Morgan fingerprint density at radius 2 is 1.58 bits per heavy atom. The predicted molar refractivity (Wildman–Crippen MR) is 84.8 cm³/mol. The molecule has 0 aliphatic carbocycles. The van der Waals surface area contributed by atoms with Gasteiger partial charge in [0.25, 0.3) is 0 Å². The van der Waals surface area contributed by atoms with Gasteiger partial charge >= 0.3 is 0 Å². The summed E-state index contributed by atoms with van der Waals surface area (Å²) >= 11 is 15.7. The van der Waals surface area contributed by atoms with Crippen molar-refractivity contribution in [1.82, 2.24) is 0 Å². The van der Waals surface area contributed by atoms with Gasteiger partial charge in [0.2, 0.25) is 0 Å². The minimum absolute atomic E-state index is 0.0550. The van der Waals surface area contributed by atoms with E-state index in [0.717, 1.165) is 16.9 Å². The second kappa shape index (κ2) is 6.65. The fourth-order valence-corrected chi connectivity index (χ4v) is 2.93. The summed E-state index contributed by atoms with van der Waals surface area (Å²) in [5.41, 5.74) is 2.16. The summed E-state index contributed by atoms with van der Waals surface area (Å²) in [6.45, 7) is 2.64. The molecule has 0 saturated heterocycles. The van der Waals surface area contributed by atoms with Crippen LogP contribution in [0, 0.1) is 0 Å². The highest BCUT2D eigenvalue weighted by Gasteiger charge is 2.12. The number of rotatable bonds is 4. The smallest absolute Gasteiger partial charge is 0.119 e. The molecule has 0 aromatic heterocycles. The van der Waals surface area contributed by atoms with E-state index in [1.165, 1.54) is 0 Å². The van der Waals surface area contributed by atoms with Crippen LogP contribution < -0.4 is 4.74 Å². The highest BCUT2D eigenvalue weighted by Crippen LogP contribution is 2.34. The standard InChI is InChI=1S/C15H13BrCl2O/c1-2-19-14-5-3-10(4-6-14)15(16)11-7-12(17)9-13(18)8-11/h3-9,15H,2H2,1H3. The van der Waals surface area contributed by atoms with Crippen LogP contribution in [-0.2, 0) is 0 Å². The monoisotopic (exact) mass is 358 g/mol. The van der Waals surface area contributed by atoms with E-state index in [1.807, 2.05) is 43.3 Å². The molecule has 0 spiro atoms. The average molecular weight is 360 g/mol. The van der Waals surface area contributed by atoms with Crippen LogP contribution in [0.25, 0.3) is 0 Å². The minimum atomic E-state index is 0.0550. The van der Waals surface area contributed by atoms with Gasteiger partial charge in [-0.05, 0) is 48.4 Å². The predicted octanol–water partition coefficient (Wildman–Crippen LogP) is 5.88. The maximum atomic E-state index is 6.02. The van der Waals surface area contributed by atoms with Gasteiger partial charge in [0.05, 0.1) is 11.4 Å². The topological polar surface area (TPSA) is 9.23 Å². The van der Waals surface area contributed by atoms with Crippen molar-refractivity contribution in [3.8, 4) is 5.75 Å². The van der Waals surface area contributed by atoms with Crippen LogP contribution in [0.4, 0.5) is 0 Å². The fraction of sp³-hybridized carbons (Fsp3) is 0.200. The maximum Gasteiger partial charge on any atom is 0.119 e. The van der Waals surface area contributed by atoms with Crippen molar-refractivity contribution in [1.29, 1.82) is 0 Å². The molecular weight excluding hydrogens is 347 g/mol. The lowest BCUT2D eigenvalue weighted by molar-refractivity contribution is 0.340. The van der Waals surface area contributed by atoms with Gasteiger partial charge in [-0.2, -0.15) is 0 Å². The molecular formula is C15H13BrCl2O. The van der Waals surface area contributed by atoms with Crippen LogP contribution >= 0.6 is 39.1 Å². The van der Waals surface area contributed by atoms with Crippen LogP contribution in [0.1, 0.15) is 22.9 Å². The van der Waals surface area contributed by atoms with E-state index in [-0.39, 0.29) is 4.83 Å². The van der Waals surface area contributed by atoms with E-state index >= 15 is 0 Å². The van der Waals surface area contributed by atoms with E-state index in [4.69, 9.17) is 27.9 Å². The molecule has 0 saturated carbocycles. The SMILES string of the molecule is CCOc1ccc(C(Br)c2cc(Cl)cc(Cl)c2)cc1. The average Bonchev–Trinajstić information content (AvgIpc) is 2.38. The summed E-state index contributed by atoms with van der Waals surface area (Å²) in [5.74, 6) is 0.870. The first kappa shape index (κ1) is 14.7. The zero-order valence-corrected chi connectivity index (χ0v) is 13.5. The Morgan fingerprint density at radius 3 is 2.11 bits per heavy atom. The zero-order chi connectivity index (χ0) is 13.8. The van der Waals surface area contributed by atoms with Crippen molar-refractivity contribution in [2.75, 3.05) is 6.61 Å². The number of hydrogen-bond donors (Lipinski definition) is 0. The molecule has 2 aromatic rings. The molecule has 19 heavy (non-hydrogen) atoms. The number of alkyl halides is 1. The number of ether oxygens (including phenoxy) is 1. The molecule has 1 unspecified atom stereocenters. The molecule has 0 heterocycles. The lowest BCUT2D eigenvalue weighted by Gasteiger charge is -2.12. The van der Waals surface area contributed by atoms with Gasteiger partial charge in [0.15, 0.2) is 0 Å². The summed E-state index contributed by atoms with van der Waals surface area (Å²) in [5, 5.41) is 1.27. The lowest BCUT2D eigenvalue weighted by Crippen LogP contribution is -1.95. The van der Waals surface area contributed by atoms with Crippen molar-refractivity contribution >= 4 is 39.1 Å². The van der Waals surface area contributed by atoms with Crippen LogP contribution in [0.3, 0.4) is 0 Å². The largest absolute Gasteiger partial charge is 0.494 e. The van der Waals surface area contributed by atoms with Crippen molar-refractivity contribution in [2.24, 2.45) is 0 Å². The van der Waals surface area contributed by atoms with Gasteiger partial charge < -0.3 is 4.74 Å². The molecule has 0 N–H and O–H groups in total. The first-order chi connectivity index (χ1) is 9.10. The van der Waals surface area contributed by atoms with Crippen molar-refractivity contribution in [3.05, 3.63) is 63.6 Å². The van der Waals surface area contributed by atoms with Crippen LogP contribution in [0.2, 0.25) is 10.0 Å². The third-order valence-electron chi connectivity index (χ3n) is 2.66. The van der Waals surface area contributed by atoms with Crippen LogP contribution in [0.5, 0.6) is 5.75 Å². The molecule has 100 valence electrons. The Bertz CT molecular complexity index is 534. The molecule has 0 aliphatic heterocycles. The third-order valence-corrected chi connectivity index (χ3v) is 4.16. The van der Waals surface area contributed by atoms with Gasteiger partial charge in [-0.1, -0.05) is 51.3 Å². The van der Waals surface area contributed by atoms with E-state index in [2.05, 4.69) is 15.9 Å². The van der Waals surface area contributed by atoms with Crippen molar-refractivity contribution in [3.63, 3.8) is 0 Å². The maximum absolute atomic E-state index is 6.02. The Hall–Kier alpha value is -0.700. The van der Waals surface area contributed by atoms with Gasteiger partial charge in [0.1, 0.15) is 5.75 Å². The molecule has 4 heteroatoms. The lowest BCUT2D eigenvalue weighted by atomic mass is 10.0. The Morgan fingerprint density at radius 1 is 1.00 bits per heavy atom. The second-order valence-corrected chi connectivity index (χ2v) is 5.86. The molecule has 0 amide bonds. The van der Waals surface area contributed by atoms with Crippen molar-refractivity contribution < 1.29 is 4.74 Å². The highest BCUT2D eigenvalue weighted by atomic mass is 79.9. The van der Waals surface area contributed by atoms with Gasteiger partial charge in [-0.25, -0.2) is 0 Å². The van der Waals surface area contributed by atoms with Gasteiger partial charge in [-0.15, -0.1) is 0 Å². The molecule has 0 aliphatic rings. The number of hydrogen-bond acceptors (Lipinski definition) is 1. The fourth-order valence-electron chi connectivity index (χ4n) is 1.81. The number of benzene rings is 2. The molecule has 0 fully saturated rings. The summed E-state index contributed by atoms with van der Waals surface area (Å²) in [6, 6.07) is 13.5. The second-order valence-electron chi connectivity index (χ2n) is 4.07. The number of halogens is 3. The summed E-state index contributed by atoms with van der Waals surface area (Å²) in [6.07, 6.45) is 0. The Labute approximate surface area is 131 Å². The molecule has 1 nitrogen and oxygen atoms in total. The molecule has 1 atom stereocenters. The van der Waals surface area contributed by atoms with Crippen molar-refractivity contribution in [2.45, 2.75) is 11.8 Å². The summed E-state index contributed by atoms with van der Waals surface area (Å²) in [4.78, 5) is 0.0550. The molecule has 2 aromatic carbocycles. The van der Waals surface area contributed by atoms with Gasteiger partial charge in [-0.3, -0.25) is 0 Å². The van der Waals surface area contributed by atoms with E-state index in [9.17, 15) is 0 Å². The summed E-state index contributed by atoms with van der Waals surface area (Å²) in [7, 11) is 0. The quantitative estimate of drug-likeness (QED) is 0.619. The molecule has 2 rings (SSSR count). The third kappa shape index (κ3) is 3.88. The Kier molecular flexibility index (Phi) is 5.14. The van der Waals surface area contributed by atoms with Crippen LogP contribution in [-0.4, -0.2) is 6.61 Å². The minimum Gasteiger partial charge on any atom is -0.494 e. The normalized spacial score (nSPS) is 12.2. The molecule has 0 bridgehead atoms. The van der Waals surface area contributed by atoms with Crippen LogP contribution in [0.15, 0.2) is 42.5 Å². The van der Waals surface area contributed by atoms with Gasteiger partial charge in [0, 0.05) is 10.0 Å². The first-order valence-corrected chi connectivity index (χ1v) is 7.60. The first-order valence-electron chi connectivity index (χ1n) is 5.93. The summed E-state index contributed by atoms with van der Waals surface area (Å²) < 4.78 is 5.43. The van der Waals surface area contributed by atoms with E-state index in [0.29, 0.717) is 16.7 Å². The highest BCUT2D eigenvalue weighted by molar-refractivity contribution is 9.09.